The molecule has 2 heterocycles. The molecule has 8 heteroatoms. The quantitative estimate of drug-likeness (QED) is 0.493. The molecule has 1 saturated carbocycles. The van der Waals surface area contributed by atoms with Crippen LogP contribution in [0.2, 0.25) is 0 Å². The fourth-order valence-corrected chi connectivity index (χ4v) is 6.62. The SMILES string of the molecule is O=C1[C@@H]2[C@@H](C(=O)N1CCN1CCN(S(=O)(=O)/C=C/c3ccccc3)CC1)[C@@H]1C=C[C@@H]2C1. The van der Waals surface area contributed by atoms with E-state index < -0.39 is 10.0 Å². The lowest BCUT2D eigenvalue weighted by atomic mass is 9.85. The van der Waals surface area contributed by atoms with Crippen molar-refractivity contribution in [2.45, 2.75) is 6.42 Å². The maximum Gasteiger partial charge on any atom is 0.236 e. The zero-order chi connectivity index (χ0) is 21.6. The summed E-state index contributed by atoms with van der Waals surface area (Å²) in [6.45, 7) is 2.98. The van der Waals surface area contributed by atoms with Crippen molar-refractivity contribution in [3.05, 3.63) is 53.5 Å². The number of hydrogen-bond acceptors (Lipinski definition) is 5. The van der Waals surface area contributed by atoms with Crippen LogP contribution in [0.4, 0.5) is 0 Å². The Morgan fingerprint density at radius 1 is 0.871 bits per heavy atom. The number of nitrogens with zero attached hydrogens (tertiary/aromatic N) is 3. The largest absolute Gasteiger partial charge is 0.299 e. The Labute approximate surface area is 183 Å². The van der Waals surface area contributed by atoms with Crippen molar-refractivity contribution in [3.63, 3.8) is 0 Å². The van der Waals surface area contributed by atoms with Gasteiger partial charge < -0.3 is 0 Å². The van der Waals surface area contributed by atoms with Crippen LogP contribution in [0.5, 0.6) is 0 Å². The summed E-state index contributed by atoms with van der Waals surface area (Å²) in [7, 11) is -3.47. The Kier molecular flexibility index (Phi) is 5.32. The zero-order valence-corrected chi connectivity index (χ0v) is 18.2. The second-order valence-corrected chi connectivity index (χ2v) is 10.6. The summed E-state index contributed by atoms with van der Waals surface area (Å²) in [5, 5.41) is 1.26. The Morgan fingerprint density at radius 3 is 2.10 bits per heavy atom. The molecule has 2 aliphatic heterocycles. The van der Waals surface area contributed by atoms with Crippen LogP contribution in [0.25, 0.3) is 6.08 Å². The molecule has 7 nitrogen and oxygen atoms in total. The average molecular weight is 442 g/mol. The molecule has 1 aromatic carbocycles. The molecule has 4 aliphatic rings. The lowest BCUT2D eigenvalue weighted by Crippen LogP contribution is -2.50. The van der Waals surface area contributed by atoms with Gasteiger partial charge >= 0.3 is 0 Å². The van der Waals surface area contributed by atoms with Crippen LogP contribution >= 0.6 is 0 Å². The van der Waals surface area contributed by atoms with Crippen molar-refractivity contribution < 1.29 is 18.0 Å². The molecule has 0 aromatic heterocycles. The molecule has 1 aromatic rings. The van der Waals surface area contributed by atoms with Gasteiger partial charge in [-0.25, -0.2) is 8.42 Å². The number of imide groups is 1. The van der Waals surface area contributed by atoms with E-state index in [1.165, 1.54) is 14.6 Å². The van der Waals surface area contributed by atoms with Crippen LogP contribution in [0.3, 0.4) is 0 Å². The van der Waals surface area contributed by atoms with Crippen LogP contribution in [0.1, 0.15) is 12.0 Å². The number of sulfonamides is 1. The molecule has 2 aliphatic carbocycles. The minimum absolute atomic E-state index is 0.0147. The van der Waals surface area contributed by atoms with Gasteiger partial charge in [-0.2, -0.15) is 4.31 Å². The van der Waals surface area contributed by atoms with E-state index in [9.17, 15) is 18.0 Å². The third kappa shape index (κ3) is 3.77. The summed E-state index contributed by atoms with van der Waals surface area (Å²) in [6.07, 6.45) is 6.76. The van der Waals surface area contributed by atoms with E-state index in [2.05, 4.69) is 17.1 Å². The fourth-order valence-electron chi connectivity index (χ4n) is 5.45. The maximum absolute atomic E-state index is 12.8. The molecule has 0 radical (unpaired) electrons. The minimum atomic E-state index is -3.47. The number of likely N-dealkylation sites (tertiary alicyclic amines) is 1. The van der Waals surface area contributed by atoms with Crippen molar-refractivity contribution in [1.82, 2.24) is 14.1 Å². The highest BCUT2D eigenvalue weighted by molar-refractivity contribution is 7.92. The summed E-state index contributed by atoms with van der Waals surface area (Å²) in [5.74, 6) is 0.128. The lowest BCUT2D eigenvalue weighted by molar-refractivity contribution is -0.140. The molecule has 4 atom stereocenters. The smallest absolute Gasteiger partial charge is 0.236 e. The molecule has 2 amide bonds. The van der Waals surface area contributed by atoms with Gasteiger partial charge in [0.1, 0.15) is 0 Å². The number of amides is 2. The highest BCUT2D eigenvalue weighted by atomic mass is 32.2. The molecular formula is C23H27N3O4S. The van der Waals surface area contributed by atoms with E-state index in [-0.39, 0.29) is 35.5 Å². The summed E-state index contributed by atoms with van der Waals surface area (Å²) in [6, 6.07) is 9.35. The number of hydrogen-bond donors (Lipinski definition) is 0. The van der Waals surface area contributed by atoms with Crippen LogP contribution in [0.15, 0.2) is 47.9 Å². The molecule has 0 unspecified atom stereocenters. The second kappa shape index (κ2) is 8.00. The third-order valence-corrected chi connectivity index (χ3v) is 8.69. The van der Waals surface area contributed by atoms with Gasteiger partial charge in [0.05, 0.1) is 11.8 Å². The maximum atomic E-state index is 12.8. The van der Waals surface area contributed by atoms with Crippen LogP contribution in [-0.2, 0) is 19.6 Å². The molecule has 2 bridgehead atoms. The minimum Gasteiger partial charge on any atom is -0.299 e. The van der Waals surface area contributed by atoms with Gasteiger partial charge in [-0.15, -0.1) is 0 Å². The van der Waals surface area contributed by atoms with E-state index >= 15 is 0 Å². The Hall–Kier alpha value is -2.29. The van der Waals surface area contributed by atoms with Gasteiger partial charge in [-0.3, -0.25) is 19.4 Å². The van der Waals surface area contributed by atoms with Gasteiger partial charge in [0.25, 0.3) is 0 Å². The summed E-state index contributed by atoms with van der Waals surface area (Å²) < 4.78 is 26.7. The number of allylic oxidation sites excluding steroid dienone is 2. The van der Waals surface area contributed by atoms with Gasteiger partial charge in [0.15, 0.2) is 0 Å². The standard InChI is InChI=1S/C23H27N3O4S/c27-22-20-18-6-7-19(16-18)21(20)23(28)26(22)14-11-24-9-12-25(13-10-24)31(29,30)15-8-17-4-2-1-3-5-17/h1-8,15,18-21H,9-14,16H2/b15-8+/t18-,19-,20+,21+/m1/s1. The predicted octanol–water partition coefficient (Wildman–Crippen LogP) is 1.41. The molecule has 0 N–H and O–H groups in total. The molecule has 31 heavy (non-hydrogen) atoms. The second-order valence-electron chi connectivity index (χ2n) is 8.83. The highest BCUT2D eigenvalue weighted by Gasteiger charge is 2.59. The number of carbonyl (C=O) groups is 2. The van der Waals surface area contributed by atoms with E-state index in [1.807, 2.05) is 30.3 Å². The third-order valence-electron chi connectivity index (χ3n) is 7.12. The number of piperazine rings is 1. The van der Waals surface area contributed by atoms with E-state index in [4.69, 9.17) is 0 Å². The van der Waals surface area contributed by atoms with Crippen molar-refractivity contribution in [1.29, 1.82) is 0 Å². The summed E-state index contributed by atoms with van der Waals surface area (Å²) in [4.78, 5) is 29.2. The number of benzene rings is 1. The highest BCUT2D eigenvalue weighted by Crippen LogP contribution is 2.52. The van der Waals surface area contributed by atoms with Crippen LogP contribution in [-0.4, -0.2) is 73.6 Å². The van der Waals surface area contributed by atoms with E-state index in [1.54, 1.807) is 6.08 Å². The number of carbonyl (C=O) groups excluding carboxylic acids is 2. The molecule has 5 rings (SSSR count). The Balaban J connectivity index is 1.13. The van der Waals surface area contributed by atoms with Crippen molar-refractivity contribution in [3.8, 4) is 0 Å². The number of fused-ring (bicyclic) bond motifs is 5. The topological polar surface area (TPSA) is 78.0 Å². The van der Waals surface area contributed by atoms with Crippen LogP contribution < -0.4 is 0 Å². The normalized spacial score (nSPS) is 31.3. The lowest BCUT2D eigenvalue weighted by Gasteiger charge is -2.34. The molecular weight excluding hydrogens is 414 g/mol. The molecule has 3 fully saturated rings. The number of rotatable bonds is 6. The first-order chi connectivity index (χ1) is 14.9. The molecule has 0 spiro atoms. The molecule has 2 saturated heterocycles. The van der Waals surface area contributed by atoms with Gasteiger partial charge in [-0.05, 0) is 29.9 Å². The Bertz CT molecular complexity index is 998. The molecule has 164 valence electrons. The summed E-state index contributed by atoms with van der Waals surface area (Å²) in [5.41, 5.74) is 0.845. The van der Waals surface area contributed by atoms with Gasteiger partial charge in [-0.1, -0.05) is 42.5 Å². The first kappa shape index (κ1) is 20.6. The monoisotopic (exact) mass is 441 g/mol. The predicted molar refractivity (Wildman–Crippen MR) is 117 cm³/mol. The van der Waals surface area contributed by atoms with Crippen LogP contribution in [0, 0.1) is 23.7 Å². The van der Waals surface area contributed by atoms with Crippen molar-refractivity contribution >= 4 is 27.9 Å². The van der Waals surface area contributed by atoms with Crippen molar-refractivity contribution in [2.24, 2.45) is 23.7 Å². The van der Waals surface area contributed by atoms with Gasteiger partial charge in [0.2, 0.25) is 21.8 Å². The van der Waals surface area contributed by atoms with Gasteiger partial charge in [0, 0.05) is 44.7 Å². The van der Waals surface area contributed by atoms with E-state index in [0.29, 0.717) is 39.3 Å². The summed E-state index contributed by atoms with van der Waals surface area (Å²) >= 11 is 0. The van der Waals surface area contributed by atoms with Crippen molar-refractivity contribution in [2.75, 3.05) is 39.3 Å². The zero-order valence-electron chi connectivity index (χ0n) is 17.3. The first-order valence-corrected chi connectivity index (χ1v) is 12.4. The fraction of sp³-hybridized carbons (Fsp3) is 0.478. The Morgan fingerprint density at radius 2 is 1.48 bits per heavy atom. The average Bonchev–Trinajstić information content (AvgIpc) is 3.46. The van der Waals surface area contributed by atoms with E-state index in [0.717, 1.165) is 12.0 Å². The first-order valence-electron chi connectivity index (χ1n) is 10.9.